The first-order valence-electron chi connectivity index (χ1n) is 25.0. The molecule has 0 bridgehead atoms. The topological polar surface area (TPSA) is 3.88 Å². The lowest BCUT2D eigenvalue weighted by molar-refractivity contribution is -0.688. The number of hydrogen-bond donors (Lipinski definition) is 0. The summed E-state index contributed by atoms with van der Waals surface area (Å²) in [5, 5.41) is 0. The molecule has 0 radical (unpaired) electrons. The predicted octanol–water partition coefficient (Wildman–Crippen LogP) is 17.7. The molecule has 0 aliphatic carbocycles. The van der Waals surface area contributed by atoms with Crippen molar-refractivity contribution < 1.29 is 110 Å². The van der Waals surface area contributed by atoms with Gasteiger partial charge >= 0.3 is 49.4 Å². The van der Waals surface area contributed by atoms with Gasteiger partial charge in [0, 0.05) is 17.7 Å². The molecule has 448 valence electrons. The molecule has 0 saturated carbocycles. The van der Waals surface area contributed by atoms with Gasteiger partial charge in [-0.3, -0.25) is 0 Å². The third-order valence-corrected chi connectivity index (χ3v) is 13.4. The number of nitrogens with zero attached hydrogens (tertiary/aromatic N) is 1. The standard InChI is InChI=1S/C32H12BF24.C24H36N/c34-25(35,36)13-1-14(26(37,38)39)6-21(5-13)33(22-7-15(27(40,41)42)2-16(8-22)28(43,44)45,23-9-17(29(46,47)48)3-18(10-23)30(49,50)51)24-11-19(31(52,53)54)4-20(12-24)32(55,56)57;1-2-3-4-5-6-7-8-9-10-12-15-23-18-20-25(21-19-23)22-24-16-13-11-14-17-24/h1-12H;11,13-14,16-21H,2-10,12,15,22H2,1H3/q-1;+1. The Morgan fingerprint density at radius 1 is 0.293 bits per heavy atom. The summed E-state index contributed by atoms with van der Waals surface area (Å²) in [4.78, 5) is 0. The average molecular weight is 1200 g/mol. The fraction of sp³-hybridized carbons (Fsp3) is 0.375. The maximum absolute atomic E-state index is 14.2. The molecule has 1 nitrogen and oxygen atoms in total. The van der Waals surface area contributed by atoms with Crippen LogP contribution in [0.1, 0.15) is 127 Å². The van der Waals surface area contributed by atoms with Crippen LogP contribution in [0.25, 0.3) is 0 Å². The Kier molecular flexibility index (Phi) is 20.8. The highest BCUT2D eigenvalue weighted by molar-refractivity contribution is 7.20. The van der Waals surface area contributed by atoms with Crippen molar-refractivity contribution in [1.29, 1.82) is 0 Å². The van der Waals surface area contributed by atoms with Crippen molar-refractivity contribution in [1.82, 2.24) is 0 Å². The summed E-state index contributed by atoms with van der Waals surface area (Å²) < 4.78 is 343. The molecule has 26 heteroatoms. The molecule has 82 heavy (non-hydrogen) atoms. The normalized spacial score (nSPS) is 13.3. The zero-order valence-corrected chi connectivity index (χ0v) is 42.7. The van der Waals surface area contributed by atoms with Crippen molar-refractivity contribution in [2.45, 2.75) is 134 Å². The van der Waals surface area contributed by atoms with Crippen LogP contribution in [0.3, 0.4) is 0 Å². The first kappa shape index (κ1) is 66.4. The van der Waals surface area contributed by atoms with Gasteiger partial charge in [-0.15, -0.1) is 0 Å². The molecule has 0 aliphatic rings. The van der Waals surface area contributed by atoms with Gasteiger partial charge in [-0.2, -0.15) is 127 Å². The number of halogens is 24. The van der Waals surface area contributed by atoms with Crippen LogP contribution in [0.5, 0.6) is 0 Å². The van der Waals surface area contributed by atoms with E-state index < -0.39 is 195 Å². The van der Waals surface area contributed by atoms with Gasteiger partial charge < -0.3 is 0 Å². The largest absolute Gasteiger partial charge is 0.416 e. The minimum atomic E-state index is -6.13. The highest BCUT2D eigenvalue weighted by atomic mass is 19.4. The molecule has 1 heterocycles. The molecule has 0 fully saturated rings. The Morgan fingerprint density at radius 3 is 0.780 bits per heavy atom. The van der Waals surface area contributed by atoms with Crippen LogP contribution in [0.2, 0.25) is 0 Å². The summed E-state index contributed by atoms with van der Waals surface area (Å²) >= 11 is 0. The number of rotatable bonds is 17. The summed E-state index contributed by atoms with van der Waals surface area (Å²) in [6, 6.07) is 6.42. The quantitative estimate of drug-likeness (QED) is 0.0371. The van der Waals surface area contributed by atoms with E-state index in [0.717, 1.165) is 6.54 Å². The van der Waals surface area contributed by atoms with Gasteiger partial charge in [0.05, 0.1) is 44.5 Å². The van der Waals surface area contributed by atoms with E-state index in [1.807, 2.05) is 0 Å². The van der Waals surface area contributed by atoms with Gasteiger partial charge in [-0.1, -0.05) is 144 Å². The molecular formula is C56H48BF24N. The van der Waals surface area contributed by atoms with Crippen molar-refractivity contribution in [2.75, 3.05) is 0 Å². The molecule has 6 rings (SSSR count). The Balaban J connectivity index is 0.000000409. The second-order valence-electron chi connectivity index (χ2n) is 19.5. The van der Waals surface area contributed by atoms with Crippen LogP contribution in [0.4, 0.5) is 105 Å². The fourth-order valence-electron chi connectivity index (χ4n) is 9.44. The number of unbranched alkanes of at least 4 members (excludes halogenated alkanes) is 9. The van der Waals surface area contributed by atoms with Crippen LogP contribution in [0, 0.1) is 0 Å². The van der Waals surface area contributed by atoms with E-state index >= 15 is 0 Å². The minimum Gasteiger partial charge on any atom is -0.201 e. The van der Waals surface area contributed by atoms with Gasteiger partial charge in [-0.05, 0) is 42.7 Å². The highest BCUT2D eigenvalue weighted by Gasteiger charge is 2.47. The van der Waals surface area contributed by atoms with Crippen molar-refractivity contribution in [3.63, 3.8) is 0 Å². The molecule has 0 saturated heterocycles. The van der Waals surface area contributed by atoms with Gasteiger partial charge in [-0.25, -0.2) is 4.57 Å². The number of pyridine rings is 1. The Morgan fingerprint density at radius 2 is 0.537 bits per heavy atom. The summed E-state index contributed by atoms with van der Waals surface area (Å²) in [6.45, 7) is 3.24. The number of alkyl halides is 24. The monoisotopic (exact) mass is 1200 g/mol. The van der Waals surface area contributed by atoms with Crippen molar-refractivity contribution in [2.24, 2.45) is 0 Å². The van der Waals surface area contributed by atoms with Gasteiger partial charge in [0.25, 0.3) is 0 Å². The summed E-state index contributed by atoms with van der Waals surface area (Å²) in [6.07, 6.45) is -35.0. The van der Waals surface area contributed by atoms with Crippen molar-refractivity contribution in [3.05, 3.63) is 183 Å². The predicted molar refractivity (Wildman–Crippen MR) is 258 cm³/mol. The first-order valence-corrected chi connectivity index (χ1v) is 25.0. The van der Waals surface area contributed by atoms with E-state index in [-0.39, 0.29) is 0 Å². The van der Waals surface area contributed by atoms with E-state index in [0.29, 0.717) is 0 Å². The smallest absolute Gasteiger partial charge is 0.201 e. The van der Waals surface area contributed by atoms with Crippen LogP contribution >= 0.6 is 0 Å². The zero-order chi connectivity index (χ0) is 61.5. The van der Waals surface area contributed by atoms with Crippen molar-refractivity contribution in [3.8, 4) is 0 Å². The minimum absolute atomic E-state index is 0.691. The summed E-state index contributed by atoms with van der Waals surface area (Å²) in [5.74, 6) is 0. The average Bonchev–Trinajstić information content (AvgIpc) is 3.50. The second-order valence-corrected chi connectivity index (χ2v) is 19.5. The molecule has 0 N–H and O–H groups in total. The third kappa shape index (κ3) is 17.8. The van der Waals surface area contributed by atoms with Crippen LogP contribution in [-0.4, -0.2) is 6.15 Å². The lowest BCUT2D eigenvalue weighted by Crippen LogP contribution is -2.75. The third-order valence-electron chi connectivity index (χ3n) is 13.4. The molecule has 0 amide bonds. The fourth-order valence-corrected chi connectivity index (χ4v) is 9.44. The number of benzene rings is 5. The summed E-state index contributed by atoms with van der Waals surface area (Å²) in [7, 11) is 0. The van der Waals surface area contributed by atoms with E-state index in [2.05, 4.69) is 66.3 Å². The maximum Gasteiger partial charge on any atom is 0.416 e. The molecule has 0 atom stereocenters. The highest BCUT2D eigenvalue weighted by Crippen LogP contribution is 2.41. The second kappa shape index (κ2) is 25.6. The summed E-state index contributed by atoms with van der Waals surface area (Å²) in [5.41, 5.74) is -27.4. The molecule has 1 aromatic heterocycles. The van der Waals surface area contributed by atoms with E-state index in [1.54, 1.807) is 0 Å². The Labute approximate surface area is 453 Å². The molecule has 0 spiro atoms. The Hall–Kier alpha value is -6.37. The maximum atomic E-state index is 14.2. The van der Waals surface area contributed by atoms with Crippen LogP contribution in [0.15, 0.2) is 128 Å². The molecule has 0 unspecified atom stereocenters. The van der Waals surface area contributed by atoms with Crippen molar-refractivity contribution >= 4 is 28.0 Å². The molecular weight excluding hydrogens is 1150 g/mol. The lowest BCUT2D eigenvalue weighted by Gasteiger charge is -2.46. The van der Waals surface area contributed by atoms with Gasteiger partial charge in [0.15, 0.2) is 18.9 Å². The van der Waals surface area contributed by atoms with E-state index in [1.165, 1.54) is 81.8 Å². The zero-order valence-electron chi connectivity index (χ0n) is 42.7. The van der Waals surface area contributed by atoms with Crippen LogP contribution < -0.4 is 26.4 Å². The van der Waals surface area contributed by atoms with E-state index in [9.17, 15) is 105 Å². The lowest BCUT2D eigenvalue weighted by atomic mass is 9.12. The molecule has 6 aromatic rings. The SMILES string of the molecule is CCCCCCCCCCCCc1cc[n+](Cc2ccccc2)cc1.FC(F)(F)c1cc([B-](c2cc(C(F)(F)F)cc(C(F)(F)F)c2)(c2cc(C(F)(F)F)cc(C(F)(F)F)c2)c2cc(C(F)(F)F)cc(C(F)(F)F)c2)cc(C(F)(F)F)c1. The van der Waals surface area contributed by atoms with Crippen LogP contribution in [-0.2, 0) is 62.4 Å². The number of aryl methyl sites for hydroxylation is 1. The number of aromatic nitrogens is 1. The molecule has 0 aliphatic heterocycles. The molecule has 5 aromatic carbocycles. The first-order chi connectivity index (χ1) is 37.6. The van der Waals surface area contributed by atoms with E-state index in [4.69, 9.17) is 0 Å². The van der Waals surface area contributed by atoms with Gasteiger partial charge in [0.2, 0.25) is 0 Å². The Bertz CT molecular complexity index is 2600. The van der Waals surface area contributed by atoms with Gasteiger partial charge in [0.1, 0.15) is 6.15 Å². The number of hydrogen-bond acceptors (Lipinski definition) is 0.